The Kier molecular flexibility index (Phi) is 3.96. The minimum atomic E-state index is -0.846. The first-order valence-electron chi connectivity index (χ1n) is 7.81. The second kappa shape index (κ2) is 5.72. The zero-order chi connectivity index (χ0) is 14.1. The van der Waals surface area contributed by atoms with Crippen molar-refractivity contribution in [3.8, 4) is 0 Å². The third-order valence-corrected chi connectivity index (χ3v) is 5.19. The van der Waals surface area contributed by atoms with Crippen molar-refractivity contribution in [3.05, 3.63) is 0 Å². The number of piperidine rings is 1. The lowest BCUT2D eigenvalue weighted by atomic mass is 9.75. The van der Waals surface area contributed by atoms with Crippen LogP contribution in [-0.4, -0.2) is 47.2 Å². The number of likely N-dealkylation sites (tertiary alicyclic amines) is 1. The molecule has 3 rings (SSSR count). The van der Waals surface area contributed by atoms with E-state index in [-0.39, 0.29) is 17.9 Å². The fourth-order valence-corrected chi connectivity index (χ4v) is 4.13. The van der Waals surface area contributed by atoms with E-state index in [4.69, 9.17) is 4.74 Å². The molecule has 20 heavy (non-hydrogen) atoms. The minimum Gasteiger partial charge on any atom is -0.480 e. The minimum absolute atomic E-state index is 0.0199. The molecule has 0 radical (unpaired) electrons. The summed E-state index contributed by atoms with van der Waals surface area (Å²) in [6.45, 7) is 1.08. The monoisotopic (exact) mass is 281 g/mol. The van der Waals surface area contributed by atoms with Crippen molar-refractivity contribution in [2.75, 3.05) is 13.2 Å². The van der Waals surface area contributed by atoms with Gasteiger partial charge < -0.3 is 14.7 Å². The highest BCUT2D eigenvalue weighted by Crippen LogP contribution is 2.39. The van der Waals surface area contributed by atoms with Crippen LogP contribution in [0.3, 0.4) is 0 Å². The molecule has 4 atom stereocenters. The summed E-state index contributed by atoms with van der Waals surface area (Å²) in [5, 5.41) is 9.47. The molecular weight excluding hydrogens is 258 g/mol. The molecular formula is C15H23NO4. The van der Waals surface area contributed by atoms with Gasteiger partial charge in [0.15, 0.2) is 0 Å². The fraction of sp³-hybridized carbons (Fsp3) is 0.867. The predicted octanol–water partition coefficient (Wildman–Crippen LogP) is 1.66. The van der Waals surface area contributed by atoms with E-state index in [1.54, 1.807) is 4.90 Å². The molecule has 2 aliphatic heterocycles. The van der Waals surface area contributed by atoms with Gasteiger partial charge in [-0.15, -0.1) is 0 Å². The van der Waals surface area contributed by atoms with Crippen LogP contribution in [0.2, 0.25) is 0 Å². The molecule has 0 bridgehead atoms. The molecule has 1 aliphatic carbocycles. The van der Waals surface area contributed by atoms with Crippen LogP contribution in [-0.2, 0) is 14.3 Å². The van der Waals surface area contributed by atoms with Gasteiger partial charge in [-0.25, -0.2) is 4.79 Å². The Balaban J connectivity index is 1.83. The van der Waals surface area contributed by atoms with Gasteiger partial charge in [0.05, 0.1) is 12.5 Å². The van der Waals surface area contributed by atoms with Gasteiger partial charge in [-0.3, -0.25) is 4.79 Å². The van der Waals surface area contributed by atoms with Gasteiger partial charge in [-0.05, 0) is 38.0 Å². The van der Waals surface area contributed by atoms with Crippen LogP contribution in [0.5, 0.6) is 0 Å². The van der Waals surface area contributed by atoms with Crippen LogP contribution in [0.25, 0.3) is 0 Å². The molecule has 5 heteroatoms. The summed E-state index contributed by atoms with van der Waals surface area (Å²) in [6.07, 6.45) is 6.73. The summed E-state index contributed by atoms with van der Waals surface area (Å²) in [5.41, 5.74) is 0. The van der Waals surface area contributed by atoms with Crippen molar-refractivity contribution in [1.82, 2.24) is 4.90 Å². The number of hydrogen-bond acceptors (Lipinski definition) is 3. The van der Waals surface area contributed by atoms with Crippen LogP contribution in [0, 0.1) is 11.8 Å². The van der Waals surface area contributed by atoms with Gasteiger partial charge in [0.1, 0.15) is 6.04 Å². The molecule has 0 aromatic carbocycles. The van der Waals surface area contributed by atoms with E-state index >= 15 is 0 Å². The number of rotatable bonds is 2. The third-order valence-electron chi connectivity index (χ3n) is 5.19. The molecule has 4 unspecified atom stereocenters. The molecule has 0 aromatic rings. The first kappa shape index (κ1) is 13.9. The van der Waals surface area contributed by atoms with Gasteiger partial charge in [0.2, 0.25) is 5.91 Å². The number of nitrogens with zero attached hydrogens (tertiary/aromatic N) is 1. The molecule has 3 aliphatic rings. The summed E-state index contributed by atoms with van der Waals surface area (Å²) < 4.78 is 5.31. The van der Waals surface area contributed by atoms with Gasteiger partial charge in [-0.1, -0.05) is 12.8 Å². The molecule has 5 nitrogen and oxygen atoms in total. The standard InChI is InChI=1S/C15H23NO4/c17-14(11-7-8-20-9-11)16-12-4-2-1-3-10(12)5-6-13(16)15(18)19/h10-13H,1-9H2,(H,18,19). The Labute approximate surface area is 119 Å². The van der Waals surface area contributed by atoms with E-state index in [1.807, 2.05) is 0 Å². The van der Waals surface area contributed by atoms with E-state index in [1.165, 1.54) is 6.42 Å². The maximum Gasteiger partial charge on any atom is 0.326 e. The highest BCUT2D eigenvalue weighted by molar-refractivity contribution is 5.86. The Morgan fingerprint density at radius 2 is 1.85 bits per heavy atom. The van der Waals surface area contributed by atoms with Crippen LogP contribution in [0.15, 0.2) is 0 Å². The SMILES string of the molecule is O=C(O)C1CCC2CCCCC2N1C(=O)C1CCOC1. The lowest BCUT2D eigenvalue weighted by Crippen LogP contribution is -2.58. The van der Waals surface area contributed by atoms with Gasteiger partial charge in [0.25, 0.3) is 0 Å². The van der Waals surface area contributed by atoms with E-state index in [0.29, 0.717) is 25.6 Å². The number of hydrogen-bond donors (Lipinski definition) is 1. The predicted molar refractivity (Wildman–Crippen MR) is 72.2 cm³/mol. The normalized spacial score (nSPS) is 37.5. The molecule has 112 valence electrons. The highest BCUT2D eigenvalue weighted by Gasteiger charge is 2.45. The zero-order valence-corrected chi connectivity index (χ0v) is 11.8. The average Bonchev–Trinajstić information content (AvgIpc) is 2.99. The molecule has 3 fully saturated rings. The number of carboxylic acid groups (broad SMARTS) is 1. The van der Waals surface area contributed by atoms with Crippen molar-refractivity contribution in [1.29, 1.82) is 0 Å². The number of carboxylic acids is 1. The topological polar surface area (TPSA) is 66.8 Å². The number of ether oxygens (including phenoxy) is 1. The smallest absolute Gasteiger partial charge is 0.326 e. The molecule has 0 aromatic heterocycles. The lowest BCUT2D eigenvalue weighted by Gasteiger charge is -2.47. The summed E-state index contributed by atoms with van der Waals surface area (Å²) in [5.74, 6) is -0.448. The second-order valence-electron chi connectivity index (χ2n) is 6.35. The summed E-state index contributed by atoms with van der Waals surface area (Å²) in [4.78, 5) is 26.0. The number of aliphatic carboxylic acids is 1. The summed E-state index contributed by atoms with van der Waals surface area (Å²) in [7, 11) is 0. The average molecular weight is 281 g/mol. The highest BCUT2D eigenvalue weighted by atomic mass is 16.5. The van der Waals surface area contributed by atoms with Crippen LogP contribution < -0.4 is 0 Å². The van der Waals surface area contributed by atoms with Crippen molar-refractivity contribution in [3.63, 3.8) is 0 Å². The first-order chi connectivity index (χ1) is 9.68. The quantitative estimate of drug-likeness (QED) is 0.836. The Hall–Kier alpha value is -1.10. The molecule has 1 saturated carbocycles. The Bertz CT molecular complexity index is 391. The van der Waals surface area contributed by atoms with Gasteiger partial charge >= 0.3 is 5.97 Å². The summed E-state index contributed by atoms with van der Waals surface area (Å²) in [6, 6.07) is -0.478. The molecule has 0 spiro atoms. The summed E-state index contributed by atoms with van der Waals surface area (Å²) >= 11 is 0. The lowest BCUT2D eigenvalue weighted by molar-refractivity contribution is -0.160. The molecule has 2 saturated heterocycles. The van der Waals surface area contributed by atoms with E-state index < -0.39 is 12.0 Å². The van der Waals surface area contributed by atoms with E-state index in [9.17, 15) is 14.7 Å². The number of carbonyl (C=O) groups excluding carboxylic acids is 1. The van der Waals surface area contributed by atoms with Crippen LogP contribution in [0.4, 0.5) is 0 Å². The molecule has 1 N–H and O–H groups in total. The van der Waals surface area contributed by atoms with Crippen molar-refractivity contribution < 1.29 is 19.4 Å². The number of fused-ring (bicyclic) bond motifs is 1. The molecule has 1 amide bonds. The van der Waals surface area contributed by atoms with Crippen molar-refractivity contribution in [2.45, 2.75) is 57.0 Å². The molecule has 2 heterocycles. The zero-order valence-electron chi connectivity index (χ0n) is 11.8. The van der Waals surface area contributed by atoms with E-state index in [2.05, 4.69) is 0 Å². The van der Waals surface area contributed by atoms with E-state index in [0.717, 1.165) is 32.1 Å². The Morgan fingerprint density at radius 3 is 2.55 bits per heavy atom. The maximum atomic E-state index is 12.8. The fourth-order valence-electron chi connectivity index (χ4n) is 4.13. The van der Waals surface area contributed by atoms with Gasteiger partial charge in [-0.2, -0.15) is 0 Å². The first-order valence-corrected chi connectivity index (χ1v) is 7.81. The van der Waals surface area contributed by atoms with Gasteiger partial charge in [0, 0.05) is 12.6 Å². The third kappa shape index (κ3) is 2.43. The second-order valence-corrected chi connectivity index (χ2v) is 6.35. The Morgan fingerprint density at radius 1 is 1.05 bits per heavy atom. The van der Waals surface area contributed by atoms with Crippen molar-refractivity contribution >= 4 is 11.9 Å². The largest absolute Gasteiger partial charge is 0.480 e. The van der Waals surface area contributed by atoms with Crippen LogP contribution >= 0.6 is 0 Å². The maximum absolute atomic E-state index is 12.8. The number of amides is 1. The number of carbonyl (C=O) groups is 2. The van der Waals surface area contributed by atoms with Crippen LogP contribution in [0.1, 0.15) is 44.9 Å². The van der Waals surface area contributed by atoms with Crippen molar-refractivity contribution in [2.24, 2.45) is 11.8 Å².